The Kier molecular flexibility index (Phi) is 1.36. The summed E-state index contributed by atoms with van der Waals surface area (Å²) in [5.41, 5.74) is 2.09. The van der Waals surface area contributed by atoms with Gasteiger partial charge in [-0.25, -0.2) is 0 Å². The van der Waals surface area contributed by atoms with E-state index in [1.807, 2.05) is 0 Å². The molecule has 1 aliphatic carbocycles. The molecule has 0 radical (unpaired) electrons. The zero-order valence-corrected chi connectivity index (χ0v) is 10.7. The molecule has 0 amide bonds. The second-order valence-electron chi connectivity index (χ2n) is 7.54. The first-order valence-corrected chi connectivity index (χ1v) is 6.38. The lowest BCUT2D eigenvalue weighted by Crippen LogP contribution is -2.58. The van der Waals surface area contributed by atoms with Crippen LogP contribution in [0.5, 0.6) is 0 Å². The fraction of sp³-hybridized carbons (Fsp3) is 0.846. The minimum atomic E-state index is 0.446. The van der Waals surface area contributed by atoms with Crippen LogP contribution < -0.4 is 0 Å². The zero-order valence-electron chi connectivity index (χ0n) is 10.7. The van der Waals surface area contributed by atoms with E-state index in [0.29, 0.717) is 17.6 Å². The SMILES string of the molecule is C[N+]1(C)C=C2C3OC3C23C[N+](C)(C)CC3C1. The third kappa shape index (κ3) is 0.918. The average molecular weight is 222 g/mol. The molecule has 16 heavy (non-hydrogen) atoms. The summed E-state index contributed by atoms with van der Waals surface area (Å²) in [6.45, 7) is 3.91. The van der Waals surface area contributed by atoms with E-state index in [1.165, 1.54) is 24.1 Å². The molecule has 1 saturated carbocycles. The minimum absolute atomic E-state index is 0.446. The number of nitrogens with zero attached hydrogens (tertiary/aromatic N) is 2. The Bertz CT molecular complexity index is 412. The fourth-order valence-electron chi connectivity index (χ4n) is 4.80. The zero-order chi connectivity index (χ0) is 11.3. The average Bonchev–Trinajstić information content (AvgIpc) is 2.78. The van der Waals surface area contributed by atoms with Gasteiger partial charge >= 0.3 is 0 Å². The van der Waals surface area contributed by atoms with Gasteiger partial charge in [-0.3, -0.25) is 0 Å². The molecular weight excluding hydrogens is 200 g/mol. The molecule has 3 fully saturated rings. The molecule has 4 aliphatic rings. The van der Waals surface area contributed by atoms with Gasteiger partial charge in [0.2, 0.25) is 0 Å². The number of likely N-dealkylation sites (tertiary alicyclic amines) is 1. The Morgan fingerprint density at radius 3 is 2.75 bits per heavy atom. The van der Waals surface area contributed by atoms with Crippen molar-refractivity contribution in [2.75, 3.05) is 47.8 Å². The normalized spacial score (nSPS) is 54.2. The minimum Gasteiger partial charge on any atom is -0.363 e. The standard InChI is InChI=1S/C13H22N2O/c1-14(2)5-9-6-15(3,4)8-13(9)10(7-14)11-12(13)16-11/h7,9,11-12H,5-6,8H2,1-4H3/q+2. The predicted molar refractivity (Wildman–Crippen MR) is 61.5 cm³/mol. The summed E-state index contributed by atoms with van der Waals surface area (Å²) >= 11 is 0. The number of hydrogen-bond acceptors (Lipinski definition) is 1. The van der Waals surface area contributed by atoms with Crippen molar-refractivity contribution in [3.63, 3.8) is 0 Å². The van der Waals surface area contributed by atoms with E-state index in [-0.39, 0.29) is 0 Å². The van der Waals surface area contributed by atoms with Crippen molar-refractivity contribution in [1.29, 1.82) is 0 Å². The topological polar surface area (TPSA) is 12.5 Å². The van der Waals surface area contributed by atoms with Crippen LogP contribution in [0.3, 0.4) is 0 Å². The summed E-state index contributed by atoms with van der Waals surface area (Å²) < 4.78 is 8.10. The van der Waals surface area contributed by atoms with Gasteiger partial charge in [0.25, 0.3) is 0 Å². The van der Waals surface area contributed by atoms with Gasteiger partial charge in [-0.05, 0) is 0 Å². The van der Waals surface area contributed by atoms with E-state index in [2.05, 4.69) is 34.4 Å². The highest BCUT2D eigenvalue weighted by Gasteiger charge is 2.80. The second-order valence-corrected chi connectivity index (χ2v) is 7.54. The van der Waals surface area contributed by atoms with Crippen LogP contribution in [0.25, 0.3) is 0 Å². The first-order valence-electron chi connectivity index (χ1n) is 6.38. The molecule has 3 nitrogen and oxygen atoms in total. The molecule has 4 rings (SSSR count). The number of quaternary nitrogens is 2. The highest BCUT2D eigenvalue weighted by molar-refractivity contribution is 5.43. The van der Waals surface area contributed by atoms with E-state index in [0.717, 1.165) is 10.4 Å². The molecule has 4 atom stereocenters. The molecule has 0 aromatic heterocycles. The van der Waals surface area contributed by atoms with Gasteiger partial charge in [-0.2, -0.15) is 0 Å². The molecule has 0 bridgehead atoms. The van der Waals surface area contributed by atoms with Gasteiger partial charge in [0, 0.05) is 5.57 Å². The molecule has 0 aromatic rings. The van der Waals surface area contributed by atoms with E-state index in [1.54, 1.807) is 5.57 Å². The Hall–Kier alpha value is -0.380. The van der Waals surface area contributed by atoms with Gasteiger partial charge in [0.05, 0.1) is 65.4 Å². The van der Waals surface area contributed by atoms with Crippen LogP contribution in [0.2, 0.25) is 0 Å². The van der Waals surface area contributed by atoms with Crippen LogP contribution in [0.15, 0.2) is 11.8 Å². The summed E-state index contributed by atoms with van der Waals surface area (Å²) in [5.74, 6) is 0.834. The molecule has 2 saturated heterocycles. The largest absolute Gasteiger partial charge is 0.363 e. The molecule has 4 unspecified atom stereocenters. The molecule has 88 valence electrons. The van der Waals surface area contributed by atoms with Crippen molar-refractivity contribution in [2.45, 2.75) is 12.2 Å². The summed E-state index contributed by atoms with van der Waals surface area (Å²) in [4.78, 5) is 0. The van der Waals surface area contributed by atoms with E-state index < -0.39 is 0 Å². The Morgan fingerprint density at radius 1 is 1.25 bits per heavy atom. The van der Waals surface area contributed by atoms with Crippen molar-refractivity contribution in [3.05, 3.63) is 11.8 Å². The maximum Gasteiger partial charge on any atom is 0.113 e. The first-order chi connectivity index (χ1) is 7.34. The maximum absolute atomic E-state index is 5.88. The van der Waals surface area contributed by atoms with Crippen molar-refractivity contribution >= 4 is 0 Å². The van der Waals surface area contributed by atoms with Gasteiger partial charge in [-0.15, -0.1) is 0 Å². The lowest BCUT2D eigenvalue weighted by molar-refractivity contribution is -0.885. The van der Waals surface area contributed by atoms with Gasteiger partial charge in [0.15, 0.2) is 0 Å². The van der Waals surface area contributed by atoms with Crippen LogP contribution in [0, 0.1) is 11.3 Å². The van der Waals surface area contributed by atoms with Crippen LogP contribution in [-0.2, 0) is 4.74 Å². The van der Waals surface area contributed by atoms with Gasteiger partial charge in [-0.1, -0.05) is 0 Å². The molecule has 3 aliphatic heterocycles. The van der Waals surface area contributed by atoms with Crippen molar-refractivity contribution in [2.24, 2.45) is 11.3 Å². The summed E-state index contributed by atoms with van der Waals surface area (Å²) in [6.07, 6.45) is 3.58. The lowest BCUT2D eigenvalue weighted by atomic mass is 9.57. The number of epoxide rings is 1. The van der Waals surface area contributed by atoms with Crippen LogP contribution in [0.4, 0.5) is 0 Å². The smallest absolute Gasteiger partial charge is 0.113 e. The van der Waals surface area contributed by atoms with Crippen molar-refractivity contribution in [3.8, 4) is 0 Å². The van der Waals surface area contributed by atoms with Crippen LogP contribution in [-0.4, -0.2) is 69.0 Å². The van der Waals surface area contributed by atoms with Gasteiger partial charge in [0.1, 0.15) is 12.2 Å². The molecule has 3 heteroatoms. The summed E-state index contributed by atoms with van der Waals surface area (Å²) in [7, 11) is 9.40. The highest BCUT2D eigenvalue weighted by Crippen LogP contribution is 2.68. The quantitative estimate of drug-likeness (QED) is 0.428. The summed E-state index contributed by atoms with van der Waals surface area (Å²) in [6, 6.07) is 0. The number of rotatable bonds is 0. The van der Waals surface area contributed by atoms with Crippen molar-refractivity contribution in [1.82, 2.24) is 0 Å². The molecule has 3 heterocycles. The first kappa shape index (κ1) is 9.63. The van der Waals surface area contributed by atoms with E-state index in [9.17, 15) is 0 Å². The van der Waals surface area contributed by atoms with E-state index >= 15 is 0 Å². The maximum atomic E-state index is 5.88. The Balaban J connectivity index is 1.83. The lowest BCUT2D eigenvalue weighted by Gasteiger charge is -2.46. The number of hydrogen-bond donors (Lipinski definition) is 0. The number of fused-ring (bicyclic) bond motifs is 2. The van der Waals surface area contributed by atoms with E-state index in [4.69, 9.17) is 4.74 Å². The molecule has 0 N–H and O–H groups in total. The van der Waals surface area contributed by atoms with Crippen LogP contribution in [0.1, 0.15) is 0 Å². The summed E-state index contributed by atoms with van der Waals surface area (Å²) in [5, 5.41) is 0. The van der Waals surface area contributed by atoms with Crippen LogP contribution >= 0.6 is 0 Å². The molecular formula is C13H22N2O+2. The highest BCUT2D eigenvalue weighted by atomic mass is 16.6. The third-order valence-electron chi connectivity index (χ3n) is 5.16. The fourth-order valence-corrected chi connectivity index (χ4v) is 4.80. The van der Waals surface area contributed by atoms with Gasteiger partial charge < -0.3 is 13.7 Å². The molecule has 0 aromatic carbocycles. The van der Waals surface area contributed by atoms with Crippen molar-refractivity contribution < 1.29 is 13.7 Å². The number of ether oxygens (including phenoxy) is 1. The monoisotopic (exact) mass is 222 g/mol. The predicted octanol–water partition coefficient (Wildman–Crippen LogP) is 0.434. The second kappa shape index (κ2) is 2.26. The molecule has 1 spiro atoms. The Labute approximate surface area is 97.5 Å². The third-order valence-corrected chi connectivity index (χ3v) is 5.16. The Morgan fingerprint density at radius 2 is 2.00 bits per heavy atom.